The van der Waals surface area contributed by atoms with Gasteiger partial charge in [-0.15, -0.1) is 0 Å². The summed E-state index contributed by atoms with van der Waals surface area (Å²) in [6.07, 6.45) is 2.12. The molecule has 98 valence electrons. The maximum absolute atomic E-state index is 6.04. The van der Waals surface area contributed by atoms with Crippen molar-refractivity contribution in [3.05, 3.63) is 64.7 Å². The first kappa shape index (κ1) is 12.2. The van der Waals surface area contributed by atoms with Gasteiger partial charge in [0.05, 0.1) is 0 Å². The minimum absolute atomic E-state index is 0.209. The van der Waals surface area contributed by atoms with Crippen LogP contribution in [0.1, 0.15) is 34.7 Å². The summed E-state index contributed by atoms with van der Waals surface area (Å²) in [6.45, 7) is 2.72. The summed E-state index contributed by atoms with van der Waals surface area (Å²) in [5, 5.41) is 0. The second-order valence-corrected chi connectivity index (χ2v) is 5.28. The molecule has 0 bridgehead atoms. The molecule has 1 unspecified atom stereocenters. The maximum Gasteiger partial charge on any atom is 0.120 e. The first-order chi connectivity index (χ1) is 9.22. The van der Waals surface area contributed by atoms with E-state index in [2.05, 4.69) is 43.3 Å². The van der Waals surface area contributed by atoms with Crippen LogP contribution < -0.4 is 10.5 Å². The number of hydrogen-bond donors (Lipinski definition) is 1. The fraction of sp³-hybridized carbons (Fsp3) is 0.294. The Morgan fingerprint density at radius 3 is 2.95 bits per heavy atom. The number of ether oxygens (including phenoxy) is 1. The summed E-state index contributed by atoms with van der Waals surface area (Å²) in [6, 6.07) is 14.9. The zero-order chi connectivity index (χ0) is 13.2. The molecule has 0 fully saturated rings. The first-order valence-corrected chi connectivity index (χ1v) is 6.79. The number of aryl methyl sites for hydroxylation is 2. The van der Waals surface area contributed by atoms with Gasteiger partial charge in [-0.1, -0.05) is 35.9 Å². The van der Waals surface area contributed by atoms with Crippen LogP contribution in [0.2, 0.25) is 0 Å². The predicted molar refractivity (Wildman–Crippen MR) is 77.2 cm³/mol. The Morgan fingerprint density at radius 2 is 2.11 bits per heavy atom. The zero-order valence-electron chi connectivity index (χ0n) is 11.2. The summed E-state index contributed by atoms with van der Waals surface area (Å²) < 4.78 is 5.87. The van der Waals surface area contributed by atoms with Crippen molar-refractivity contribution in [2.24, 2.45) is 5.73 Å². The van der Waals surface area contributed by atoms with Crippen LogP contribution in [0.4, 0.5) is 0 Å². The molecule has 0 amide bonds. The quantitative estimate of drug-likeness (QED) is 0.908. The number of hydrogen-bond acceptors (Lipinski definition) is 2. The third-order valence-corrected chi connectivity index (χ3v) is 3.73. The molecular formula is C17H19NO. The van der Waals surface area contributed by atoms with Gasteiger partial charge in [0.2, 0.25) is 0 Å². The molecule has 19 heavy (non-hydrogen) atoms. The molecule has 2 aromatic rings. The molecule has 0 spiro atoms. The second-order valence-electron chi connectivity index (χ2n) is 5.28. The third kappa shape index (κ3) is 2.64. The molecule has 0 aliphatic heterocycles. The highest BCUT2D eigenvalue weighted by Gasteiger charge is 2.18. The van der Waals surface area contributed by atoms with E-state index in [0.29, 0.717) is 6.61 Å². The molecule has 0 saturated carbocycles. The largest absolute Gasteiger partial charge is 0.489 e. The van der Waals surface area contributed by atoms with Crippen molar-refractivity contribution in [3.63, 3.8) is 0 Å². The highest BCUT2D eigenvalue weighted by Crippen LogP contribution is 2.32. The lowest BCUT2D eigenvalue weighted by Crippen LogP contribution is -2.05. The van der Waals surface area contributed by atoms with Gasteiger partial charge < -0.3 is 10.5 Å². The number of rotatable bonds is 3. The number of benzene rings is 2. The average molecular weight is 253 g/mol. The van der Waals surface area contributed by atoms with Gasteiger partial charge in [0.1, 0.15) is 12.4 Å². The highest BCUT2D eigenvalue weighted by atomic mass is 16.5. The lowest BCUT2D eigenvalue weighted by Gasteiger charge is -2.10. The van der Waals surface area contributed by atoms with Gasteiger partial charge in [-0.3, -0.25) is 0 Å². The zero-order valence-corrected chi connectivity index (χ0v) is 11.2. The van der Waals surface area contributed by atoms with E-state index in [1.165, 1.54) is 22.3 Å². The average Bonchev–Trinajstić information content (AvgIpc) is 2.78. The fourth-order valence-electron chi connectivity index (χ4n) is 2.69. The van der Waals surface area contributed by atoms with Crippen LogP contribution in [-0.2, 0) is 13.0 Å². The van der Waals surface area contributed by atoms with E-state index in [-0.39, 0.29) is 6.04 Å². The number of fused-ring (bicyclic) bond motifs is 1. The summed E-state index contributed by atoms with van der Waals surface area (Å²) in [5.74, 6) is 0.939. The van der Waals surface area contributed by atoms with Crippen LogP contribution in [0, 0.1) is 6.92 Å². The van der Waals surface area contributed by atoms with E-state index in [0.717, 1.165) is 18.6 Å². The molecule has 2 nitrogen and oxygen atoms in total. The molecule has 2 aromatic carbocycles. The van der Waals surface area contributed by atoms with E-state index < -0.39 is 0 Å². The Morgan fingerprint density at radius 1 is 1.21 bits per heavy atom. The standard InChI is InChI=1S/C17H19NO/c1-12-3-2-4-13(9-12)11-19-15-6-7-16-14(10-15)5-8-17(16)18/h2-4,6-7,9-10,17H,5,8,11,18H2,1H3. The van der Waals surface area contributed by atoms with Gasteiger partial charge in [0, 0.05) is 6.04 Å². The van der Waals surface area contributed by atoms with Crippen molar-refractivity contribution in [2.75, 3.05) is 0 Å². The van der Waals surface area contributed by atoms with Crippen molar-refractivity contribution in [1.29, 1.82) is 0 Å². The topological polar surface area (TPSA) is 35.2 Å². The minimum Gasteiger partial charge on any atom is -0.489 e. The third-order valence-electron chi connectivity index (χ3n) is 3.73. The van der Waals surface area contributed by atoms with Gasteiger partial charge >= 0.3 is 0 Å². The van der Waals surface area contributed by atoms with Crippen LogP contribution in [0.3, 0.4) is 0 Å². The van der Waals surface area contributed by atoms with Crippen LogP contribution in [-0.4, -0.2) is 0 Å². The molecule has 1 aliphatic rings. The first-order valence-electron chi connectivity index (χ1n) is 6.79. The molecule has 2 heteroatoms. The summed E-state index contributed by atoms with van der Waals surface area (Å²) in [5.41, 5.74) is 11.1. The van der Waals surface area contributed by atoms with Gasteiger partial charge in [-0.2, -0.15) is 0 Å². The molecule has 0 saturated heterocycles. The van der Waals surface area contributed by atoms with Crippen LogP contribution >= 0.6 is 0 Å². The van der Waals surface area contributed by atoms with Crippen molar-refractivity contribution < 1.29 is 4.74 Å². The van der Waals surface area contributed by atoms with E-state index in [1.807, 2.05) is 6.07 Å². The monoisotopic (exact) mass is 253 g/mol. The Kier molecular flexibility index (Phi) is 3.26. The van der Waals surface area contributed by atoms with Crippen molar-refractivity contribution in [3.8, 4) is 5.75 Å². The molecule has 1 aliphatic carbocycles. The maximum atomic E-state index is 6.04. The Labute approximate surface area is 114 Å². The molecule has 0 heterocycles. The lowest BCUT2D eigenvalue weighted by atomic mass is 10.1. The Hall–Kier alpha value is -1.80. The predicted octanol–water partition coefficient (Wildman–Crippen LogP) is 3.52. The smallest absolute Gasteiger partial charge is 0.120 e. The van der Waals surface area contributed by atoms with Gasteiger partial charge in [0.25, 0.3) is 0 Å². The second kappa shape index (κ2) is 5.06. The SMILES string of the molecule is Cc1cccc(COc2ccc3c(c2)CCC3N)c1. The van der Waals surface area contributed by atoms with Crippen LogP contribution in [0.15, 0.2) is 42.5 Å². The van der Waals surface area contributed by atoms with E-state index in [9.17, 15) is 0 Å². The number of nitrogens with two attached hydrogens (primary N) is 1. The molecule has 0 aromatic heterocycles. The Bertz CT molecular complexity index is 592. The molecule has 1 atom stereocenters. The van der Waals surface area contributed by atoms with Crippen LogP contribution in [0.5, 0.6) is 5.75 Å². The molecule has 3 rings (SSSR count). The van der Waals surface area contributed by atoms with E-state index in [4.69, 9.17) is 10.5 Å². The minimum atomic E-state index is 0.209. The molecule has 0 radical (unpaired) electrons. The van der Waals surface area contributed by atoms with Gasteiger partial charge in [0.15, 0.2) is 0 Å². The summed E-state index contributed by atoms with van der Waals surface area (Å²) in [4.78, 5) is 0. The van der Waals surface area contributed by atoms with E-state index >= 15 is 0 Å². The summed E-state index contributed by atoms with van der Waals surface area (Å²) in [7, 11) is 0. The van der Waals surface area contributed by atoms with E-state index in [1.54, 1.807) is 0 Å². The summed E-state index contributed by atoms with van der Waals surface area (Å²) >= 11 is 0. The van der Waals surface area contributed by atoms with Crippen LogP contribution in [0.25, 0.3) is 0 Å². The van der Waals surface area contributed by atoms with Crippen molar-refractivity contribution >= 4 is 0 Å². The molecule has 2 N–H and O–H groups in total. The lowest BCUT2D eigenvalue weighted by molar-refractivity contribution is 0.306. The highest BCUT2D eigenvalue weighted by molar-refractivity contribution is 5.40. The normalized spacial score (nSPS) is 17.3. The van der Waals surface area contributed by atoms with Gasteiger partial charge in [-0.25, -0.2) is 0 Å². The molecular weight excluding hydrogens is 234 g/mol. The fourth-order valence-corrected chi connectivity index (χ4v) is 2.69. The van der Waals surface area contributed by atoms with Crippen molar-refractivity contribution in [2.45, 2.75) is 32.4 Å². The Balaban J connectivity index is 1.71. The van der Waals surface area contributed by atoms with Crippen molar-refractivity contribution in [1.82, 2.24) is 0 Å². The van der Waals surface area contributed by atoms with Gasteiger partial charge in [-0.05, 0) is 48.6 Å².